The molecule has 0 amide bonds. The standard InChI is InChI=1S/C9H10BrF2N3O4/c10-3-1-15(8(18)14-6(3)13)7-9(11,12)5(17)4(2-16)19-7/h1,4-5,7,16-17H,2H2,(H2,13,14,18). The van der Waals surface area contributed by atoms with Crippen molar-refractivity contribution in [3.8, 4) is 0 Å². The summed E-state index contributed by atoms with van der Waals surface area (Å²) in [5, 5.41) is 18.2. The van der Waals surface area contributed by atoms with E-state index < -0.39 is 36.7 Å². The van der Waals surface area contributed by atoms with Gasteiger partial charge in [0.15, 0.2) is 6.10 Å². The Morgan fingerprint density at radius 1 is 1.63 bits per heavy atom. The maximum Gasteiger partial charge on any atom is 0.351 e. The van der Waals surface area contributed by atoms with E-state index in [4.69, 9.17) is 15.6 Å². The summed E-state index contributed by atoms with van der Waals surface area (Å²) in [5.41, 5.74) is 4.30. The molecule has 0 bridgehead atoms. The first-order valence-corrected chi connectivity index (χ1v) is 5.94. The summed E-state index contributed by atoms with van der Waals surface area (Å²) >= 11 is 2.95. The van der Waals surface area contributed by atoms with E-state index in [9.17, 15) is 18.7 Å². The monoisotopic (exact) mass is 341 g/mol. The van der Waals surface area contributed by atoms with Crippen molar-refractivity contribution in [1.29, 1.82) is 0 Å². The molecule has 0 aliphatic carbocycles. The van der Waals surface area contributed by atoms with E-state index in [2.05, 4.69) is 20.9 Å². The van der Waals surface area contributed by atoms with Crippen molar-refractivity contribution >= 4 is 21.7 Å². The van der Waals surface area contributed by atoms with Crippen LogP contribution in [-0.4, -0.2) is 44.5 Å². The third kappa shape index (κ3) is 2.24. The smallest absolute Gasteiger partial charge is 0.351 e. The van der Waals surface area contributed by atoms with Gasteiger partial charge < -0.3 is 20.7 Å². The number of alkyl halides is 2. The number of aromatic nitrogens is 2. The Hall–Kier alpha value is -1.10. The van der Waals surface area contributed by atoms with Crippen molar-refractivity contribution in [2.24, 2.45) is 0 Å². The first kappa shape index (κ1) is 14.3. The molecule has 1 saturated heterocycles. The van der Waals surface area contributed by atoms with Gasteiger partial charge in [-0.05, 0) is 15.9 Å². The molecule has 3 unspecified atom stereocenters. The van der Waals surface area contributed by atoms with Gasteiger partial charge in [-0.2, -0.15) is 13.8 Å². The second kappa shape index (κ2) is 4.78. The van der Waals surface area contributed by atoms with E-state index >= 15 is 0 Å². The third-order valence-electron chi connectivity index (χ3n) is 2.75. The molecule has 4 N–H and O–H groups in total. The summed E-state index contributed by atoms with van der Waals surface area (Å²) in [6, 6.07) is 0. The van der Waals surface area contributed by atoms with Crippen LogP contribution in [0.2, 0.25) is 0 Å². The number of hydrogen-bond donors (Lipinski definition) is 3. The van der Waals surface area contributed by atoms with Crippen molar-refractivity contribution in [1.82, 2.24) is 9.55 Å². The molecule has 3 atom stereocenters. The number of aliphatic hydroxyl groups is 2. The number of nitrogens with two attached hydrogens (primary N) is 1. The highest BCUT2D eigenvalue weighted by atomic mass is 79.9. The van der Waals surface area contributed by atoms with E-state index in [0.717, 1.165) is 6.20 Å². The fourth-order valence-corrected chi connectivity index (χ4v) is 2.05. The number of rotatable bonds is 2. The predicted octanol–water partition coefficient (Wildman–Crippen LogP) is -0.526. The Kier molecular flexibility index (Phi) is 3.60. The zero-order valence-corrected chi connectivity index (χ0v) is 10.9. The number of halogens is 3. The highest BCUT2D eigenvalue weighted by Gasteiger charge is 2.59. The van der Waals surface area contributed by atoms with Crippen LogP contribution in [0.15, 0.2) is 15.5 Å². The van der Waals surface area contributed by atoms with Gasteiger partial charge in [-0.1, -0.05) is 0 Å². The fourth-order valence-electron chi connectivity index (χ4n) is 1.74. The molecule has 19 heavy (non-hydrogen) atoms. The van der Waals surface area contributed by atoms with Gasteiger partial charge in [0, 0.05) is 6.20 Å². The van der Waals surface area contributed by atoms with Gasteiger partial charge in [0.1, 0.15) is 11.9 Å². The van der Waals surface area contributed by atoms with Crippen LogP contribution in [-0.2, 0) is 4.74 Å². The molecule has 1 aliphatic heterocycles. The number of nitrogens with zero attached hydrogens (tertiary/aromatic N) is 2. The van der Waals surface area contributed by atoms with Crippen molar-refractivity contribution < 1.29 is 23.7 Å². The normalized spacial score (nSPS) is 29.6. The Labute approximate surface area is 113 Å². The van der Waals surface area contributed by atoms with Crippen LogP contribution in [0.3, 0.4) is 0 Å². The molecule has 1 aromatic heterocycles. The Balaban J connectivity index is 2.48. The lowest BCUT2D eigenvalue weighted by Crippen LogP contribution is -2.41. The predicted molar refractivity (Wildman–Crippen MR) is 62.6 cm³/mol. The summed E-state index contributed by atoms with van der Waals surface area (Å²) in [5.74, 6) is -3.89. The number of anilines is 1. The summed E-state index contributed by atoms with van der Waals surface area (Å²) < 4.78 is 33.1. The number of nitrogen functional groups attached to an aromatic ring is 1. The van der Waals surface area contributed by atoms with Crippen molar-refractivity contribution in [3.05, 3.63) is 21.2 Å². The zero-order valence-electron chi connectivity index (χ0n) is 9.33. The molecule has 0 saturated carbocycles. The minimum Gasteiger partial charge on any atom is -0.394 e. The molecule has 0 spiro atoms. The van der Waals surface area contributed by atoms with E-state index in [1.165, 1.54) is 0 Å². The van der Waals surface area contributed by atoms with Crippen LogP contribution in [0.1, 0.15) is 6.23 Å². The molecule has 0 aromatic carbocycles. The average molecular weight is 342 g/mol. The van der Waals surface area contributed by atoms with Crippen LogP contribution in [0.25, 0.3) is 0 Å². The van der Waals surface area contributed by atoms with E-state index in [-0.39, 0.29) is 10.3 Å². The van der Waals surface area contributed by atoms with Gasteiger partial charge >= 0.3 is 11.6 Å². The van der Waals surface area contributed by atoms with E-state index in [1.54, 1.807) is 0 Å². The van der Waals surface area contributed by atoms with Crippen molar-refractivity contribution in [2.45, 2.75) is 24.4 Å². The minimum absolute atomic E-state index is 0.133. The Bertz CT molecular complexity index is 553. The van der Waals surface area contributed by atoms with Crippen LogP contribution in [0.4, 0.5) is 14.6 Å². The second-order valence-electron chi connectivity index (χ2n) is 3.99. The summed E-state index contributed by atoms with van der Waals surface area (Å²) in [4.78, 5) is 14.9. The largest absolute Gasteiger partial charge is 0.394 e. The van der Waals surface area contributed by atoms with Crippen LogP contribution < -0.4 is 11.4 Å². The highest BCUT2D eigenvalue weighted by Crippen LogP contribution is 2.42. The molecule has 1 fully saturated rings. The van der Waals surface area contributed by atoms with E-state index in [0.29, 0.717) is 4.57 Å². The quantitative estimate of drug-likeness (QED) is 0.667. The minimum atomic E-state index is -3.74. The number of hydrogen-bond acceptors (Lipinski definition) is 6. The van der Waals surface area contributed by atoms with Crippen LogP contribution >= 0.6 is 15.9 Å². The molecule has 2 heterocycles. The lowest BCUT2D eigenvalue weighted by atomic mass is 10.1. The lowest BCUT2D eigenvalue weighted by molar-refractivity contribution is -0.141. The summed E-state index contributed by atoms with van der Waals surface area (Å²) in [6.45, 7) is -0.800. The molecule has 7 nitrogen and oxygen atoms in total. The first-order valence-electron chi connectivity index (χ1n) is 5.15. The highest BCUT2D eigenvalue weighted by molar-refractivity contribution is 9.10. The summed E-state index contributed by atoms with van der Waals surface area (Å²) in [7, 11) is 0. The maximum atomic E-state index is 13.8. The van der Waals surface area contributed by atoms with Gasteiger partial charge in [0.05, 0.1) is 11.1 Å². The van der Waals surface area contributed by atoms with E-state index in [1.807, 2.05) is 0 Å². The first-order chi connectivity index (χ1) is 8.78. The lowest BCUT2D eigenvalue weighted by Gasteiger charge is -2.21. The van der Waals surface area contributed by atoms with Crippen molar-refractivity contribution in [3.63, 3.8) is 0 Å². The third-order valence-corrected chi connectivity index (χ3v) is 3.36. The van der Waals surface area contributed by atoms with Gasteiger partial charge in [0.25, 0.3) is 0 Å². The number of aliphatic hydroxyl groups excluding tert-OH is 2. The molecular formula is C9H10BrF2N3O4. The second-order valence-corrected chi connectivity index (χ2v) is 4.85. The topological polar surface area (TPSA) is 111 Å². The zero-order chi connectivity index (χ0) is 14.4. The molecule has 10 heteroatoms. The molecule has 1 aromatic rings. The van der Waals surface area contributed by atoms with Gasteiger partial charge in [-0.25, -0.2) is 4.79 Å². The Morgan fingerprint density at radius 2 is 2.26 bits per heavy atom. The van der Waals surface area contributed by atoms with Gasteiger partial charge in [0.2, 0.25) is 6.23 Å². The molecule has 1 aliphatic rings. The maximum absolute atomic E-state index is 13.8. The molecular weight excluding hydrogens is 332 g/mol. The summed E-state index contributed by atoms with van der Waals surface area (Å²) in [6.07, 6.45) is -4.76. The Morgan fingerprint density at radius 3 is 2.79 bits per heavy atom. The average Bonchev–Trinajstić information content (AvgIpc) is 2.56. The SMILES string of the molecule is Nc1nc(=O)n(C2OC(CO)C(O)C2(F)F)cc1Br. The molecule has 106 valence electrons. The van der Waals surface area contributed by atoms with Crippen LogP contribution in [0.5, 0.6) is 0 Å². The molecule has 2 rings (SSSR count). The van der Waals surface area contributed by atoms with Crippen LogP contribution in [0, 0.1) is 0 Å². The van der Waals surface area contributed by atoms with Gasteiger partial charge in [-0.15, -0.1) is 0 Å². The van der Waals surface area contributed by atoms with Gasteiger partial charge in [-0.3, -0.25) is 4.57 Å². The number of ether oxygens (including phenoxy) is 1. The molecule has 0 radical (unpaired) electrons. The fraction of sp³-hybridized carbons (Fsp3) is 0.556. The van der Waals surface area contributed by atoms with Crippen molar-refractivity contribution in [2.75, 3.05) is 12.3 Å².